The minimum absolute atomic E-state index is 0.105. The van der Waals surface area contributed by atoms with Crippen LogP contribution in [0.2, 0.25) is 0 Å². The van der Waals surface area contributed by atoms with Gasteiger partial charge in [0, 0.05) is 194 Å². The zero-order valence-corrected chi connectivity index (χ0v) is 81.4. The van der Waals surface area contributed by atoms with Crippen molar-refractivity contribution in [2.75, 3.05) is 273 Å². The van der Waals surface area contributed by atoms with Gasteiger partial charge in [0.25, 0.3) is 0 Å². The lowest BCUT2D eigenvalue weighted by atomic mass is 10.3. The number of rotatable bonds is 39. The van der Waals surface area contributed by atoms with Gasteiger partial charge in [0.05, 0.1) is 43.8 Å². The zero-order chi connectivity index (χ0) is 101. The number of nitrogens with two attached hydrogens (primary N) is 9. The van der Waals surface area contributed by atoms with E-state index in [4.69, 9.17) is 82.5 Å². The molecule has 0 aliphatic rings. The van der Waals surface area contributed by atoms with Crippen molar-refractivity contribution in [1.29, 1.82) is 0 Å². The first-order chi connectivity index (χ1) is 68.0. The highest BCUT2D eigenvalue weighted by Crippen LogP contribution is 2.20. The maximum absolute atomic E-state index is 5.69. The zero-order valence-electron chi connectivity index (χ0n) is 80.5. The van der Waals surface area contributed by atoms with Crippen molar-refractivity contribution in [3.8, 4) is 0 Å². The maximum Gasteiger partial charge on any atom is 0.231 e. The van der Waals surface area contributed by atoms with Crippen LogP contribution in [0.25, 0.3) is 0 Å². The first-order valence-corrected chi connectivity index (χ1v) is 44.5. The Morgan fingerprint density at radius 2 is 0.440 bits per heavy atom. The van der Waals surface area contributed by atoms with Gasteiger partial charge in [-0.25, -0.2) is 0 Å². The predicted octanol–water partition coefficient (Wildman–Crippen LogP) is 6.10. The molecule has 0 bridgehead atoms. The number of nitrogen functional groups attached to an aromatic ring is 9. The first kappa shape index (κ1) is 107. The van der Waals surface area contributed by atoms with Gasteiger partial charge in [0.2, 0.25) is 143 Å². The summed E-state index contributed by atoms with van der Waals surface area (Å²) >= 11 is 1.72. The van der Waals surface area contributed by atoms with Crippen molar-refractivity contribution in [2.24, 2.45) is 0 Å². The minimum Gasteiger partial charge on any atom is -0.469 e. The van der Waals surface area contributed by atoms with Crippen molar-refractivity contribution in [2.45, 2.75) is 51.4 Å². The molecular formula is C85H122N48O7S. The number of aromatic nitrogens is 24. The summed E-state index contributed by atoms with van der Waals surface area (Å²) in [5.74, 6) is 15.4. The summed E-state index contributed by atoms with van der Waals surface area (Å²) in [6.07, 6.45) is 17.9. The van der Waals surface area contributed by atoms with Crippen LogP contribution in [0, 0.1) is 0 Å². The number of hydrogen-bond acceptors (Lipinski definition) is 56. The molecule has 16 heterocycles. The Hall–Kier alpha value is -18.1. The van der Waals surface area contributed by atoms with Crippen molar-refractivity contribution in [3.05, 3.63) is 191 Å². The average Bonchev–Trinajstić information content (AvgIpc) is 1.85. The molecule has 0 aliphatic heterocycles. The summed E-state index contributed by atoms with van der Waals surface area (Å²) in [4.78, 5) is 110. The van der Waals surface area contributed by atoms with Gasteiger partial charge in [0.1, 0.15) is 40.3 Å². The van der Waals surface area contributed by atoms with Gasteiger partial charge in [-0.1, -0.05) is 6.07 Å². The van der Waals surface area contributed by atoms with Gasteiger partial charge in [-0.3, -0.25) is 0 Å². The molecule has 16 aromatic heterocycles. The van der Waals surface area contributed by atoms with Crippen LogP contribution in [0.15, 0.2) is 177 Å². The van der Waals surface area contributed by atoms with E-state index in [1.54, 1.807) is 88.3 Å². The van der Waals surface area contributed by atoms with Gasteiger partial charge in [0.15, 0.2) is 0 Å². The third-order valence-corrected chi connectivity index (χ3v) is 19.2. The van der Waals surface area contributed by atoms with Crippen LogP contribution in [-0.4, -0.2) is 264 Å². The molecule has 16 aromatic rings. The van der Waals surface area contributed by atoms with E-state index in [1.807, 2.05) is 184 Å². The van der Waals surface area contributed by atoms with E-state index in [1.165, 1.54) is 4.88 Å². The van der Waals surface area contributed by atoms with E-state index >= 15 is 0 Å². The number of nitrogens with one attached hydrogen (secondary N) is 9. The van der Waals surface area contributed by atoms with E-state index in [9.17, 15) is 0 Å². The van der Waals surface area contributed by atoms with Crippen molar-refractivity contribution in [3.63, 3.8) is 0 Å². The van der Waals surface area contributed by atoms with Crippen molar-refractivity contribution >= 4 is 154 Å². The summed E-state index contributed by atoms with van der Waals surface area (Å²) in [5.41, 5.74) is 49.6. The normalized spacial score (nSPS) is 10.3. The Labute approximate surface area is 816 Å². The Bertz CT molecular complexity index is 5930. The third-order valence-electron chi connectivity index (χ3n) is 18.3. The molecule has 0 unspecified atom stereocenters. The standard InChI is InChI=1S/C13H20N6O.C12H18N6O.2C11H16N6O.2C10H14N6O.C9H12N6O.C9H12N6S/c1-18(2)12-15-11(16-13(17-12)19(3)4)14-8-7-10-6-5-9-20-10;1-17(2)11-14-10(13)15-12(16-11)18(3)7-6-9-5-4-8-19-9;1-13-10-14-9(12)15-11(16-10)17(2)6-5-8-4-3-7-18-8;1-12-9-15-10(13-2)17-11(16-9)14-6-5-8-4-3-7-18-8;1-16(5-4-7-3-2-6-17-7)10-14-8(11)13-9(12)15-10;1-12-9-14-8(11)15-10(16-9)13-5-4-7-3-2-6-17-7;2*10-7-13-8(11)15-9(14-7)12-4-3-6-2-1-5-16-6/h5-6,9H,7-8H2,1-4H3,(H,14,15,16,17);4-5,8H,6-7H2,1-3H3,(H2,13,14,15,16);3-4,7H,5-6H2,1-2H3,(H3,12,13,14,15,16);3-4,7H,5-6H2,1-2H3,(H3,12,13,14,15,16,17);2-3,6H,4-5H2,1H3,(H4,11,12,13,14,15);2-3,6H,4-5H2,1H3,(H4,11,12,13,14,15,16);2*1-2,5H,3-4H2,(H5,10,11,12,13,14,15). The van der Waals surface area contributed by atoms with Gasteiger partial charge < -0.3 is 160 Å². The topological polar surface area (TPSA) is 763 Å². The van der Waals surface area contributed by atoms with Crippen molar-refractivity contribution < 1.29 is 30.9 Å². The number of hydrogen-bond donors (Lipinski definition) is 18. The number of nitrogens with zero attached hydrogens (tertiary/aromatic N) is 30. The van der Waals surface area contributed by atoms with Crippen LogP contribution >= 0.6 is 11.3 Å². The number of thiophene rings is 1. The lowest BCUT2D eigenvalue weighted by molar-refractivity contribution is 0.508. The summed E-state index contributed by atoms with van der Waals surface area (Å²) in [6, 6.07) is 30.7. The fourth-order valence-electron chi connectivity index (χ4n) is 11.3. The summed E-state index contributed by atoms with van der Waals surface area (Å²) in [6.45, 7) is 5.63. The molecule has 0 radical (unpaired) electrons. The Balaban J connectivity index is 0.000000180. The molecule has 0 aliphatic carbocycles. The second-order valence-corrected chi connectivity index (χ2v) is 30.9. The molecule has 750 valence electrons. The van der Waals surface area contributed by atoms with Crippen LogP contribution in [-0.2, 0) is 51.4 Å². The monoisotopic (exact) mass is 1960 g/mol. The van der Waals surface area contributed by atoms with Gasteiger partial charge in [-0.2, -0.15) is 120 Å². The molecule has 27 N–H and O–H groups in total. The van der Waals surface area contributed by atoms with Gasteiger partial charge in [-0.15, -0.1) is 11.3 Å². The Morgan fingerprint density at radius 1 is 0.227 bits per heavy atom. The fourth-order valence-corrected chi connectivity index (χ4v) is 12.0. The molecule has 0 saturated heterocycles. The molecule has 55 nitrogen and oxygen atoms in total. The number of furan rings is 7. The van der Waals surface area contributed by atoms with E-state index in [0.29, 0.717) is 122 Å². The SMILES string of the molecule is CN(C)c1nc(N)nc(N(C)CCc2ccco2)n1.CN(C)c1nc(NCCc2ccco2)nc(N(C)C)n1.CN(CCc1ccco1)c1nc(N)nc(N)n1.CNc1nc(N)nc(N(C)CCc2ccco2)n1.CNc1nc(N)nc(NCCc2ccco2)n1.CNc1nc(NC)nc(NCCc2ccco2)n1.Nc1nc(N)nc(NCCc2ccco2)n1.Nc1nc(N)nc(NCCc2cccs2)n1. The highest BCUT2D eigenvalue weighted by atomic mass is 32.1. The highest BCUT2D eigenvalue weighted by molar-refractivity contribution is 7.09. The summed E-state index contributed by atoms with van der Waals surface area (Å²) in [5, 5.41) is 28.9. The van der Waals surface area contributed by atoms with Gasteiger partial charge in [-0.05, 0) is 103 Å². The third kappa shape index (κ3) is 39.4. The molecule has 16 rings (SSSR count). The second-order valence-electron chi connectivity index (χ2n) is 29.8. The highest BCUT2D eigenvalue weighted by Gasteiger charge is 2.17. The van der Waals surface area contributed by atoms with E-state index in [2.05, 4.69) is 174 Å². The fraction of sp³-hybridized carbons (Fsp3) is 0.341. The molecule has 141 heavy (non-hydrogen) atoms. The molecule has 0 spiro atoms. The molecule has 0 fully saturated rings. The second kappa shape index (κ2) is 57.0. The predicted molar refractivity (Wildman–Crippen MR) is 547 cm³/mol. The largest absolute Gasteiger partial charge is 0.469 e. The van der Waals surface area contributed by atoms with Gasteiger partial charge >= 0.3 is 0 Å². The van der Waals surface area contributed by atoms with Crippen LogP contribution < -0.4 is 129 Å². The van der Waals surface area contributed by atoms with Crippen LogP contribution in [0.1, 0.15) is 45.2 Å². The summed E-state index contributed by atoms with van der Waals surface area (Å²) < 4.78 is 36.7. The number of anilines is 24. The van der Waals surface area contributed by atoms with E-state index in [0.717, 1.165) is 111 Å². The quantitative estimate of drug-likeness (QED) is 0.0207. The van der Waals surface area contributed by atoms with Crippen LogP contribution in [0.5, 0.6) is 0 Å². The maximum atomic E-state index is 5.69. The average molecular weight is 1960 g/mol. The van der Waals surface area contributed by atoms with Crippen LogP contribution in [0.3, 0.4) is 0 Å². The number of likely N-dealkylation sites (N-methyl/N-ethyl adjacent to an activating group) is 3. The van der Waals surface area contributed by atoms with Crippen LogP contribution in [0.4, 0.5) is 143 Å². The molecule has 56 heteroatoms. The minimum atomic E-state index is 0.105. The molecule has 0 aromatic carbocycles. The first-order valence-electron chi connectivity index (χ1n) is 43.7. The van der Waals surface area contributed by atoms with Crippen molar-refractivity contribution in [1.82, 2.24) is 120 Å². The molecule has 0 amide bonds. The Morgan fingerprint density at radius 3 is 0.745 bits per heavy atom. The lowest BCUT2D eigenvalue weighted by Gasteiger charge is -2.18. The molecule has 0 saturated carbocycles. The Kier molecular flexibility index (Phi) is 43.1. The molecular weight excluding hydrogens is 1840 g/mol. The lowest BCUT2D eigenvalue weighted by Crippen LogP contribution is -2.25. The van der Waals surface area contributed by atoms with E-state index < -0.39 is 0 Å². The molecule has 0 atom stereocenters. The smallest absolute Gasteiger partial charge is 0.231 e. The summed E-state index contributed by atoms with van der Waals surface area (Å²) in [7, 11) is 24.0. The van der Waals surface area contributed by atoms with E-state index in [-0.39, 0.29) is 53.5 Å².